The van der Waals surface area contributed by atoms with Crippen molar-refractivity contribution in [1.82, 2.24) is 15.4 Å². The lowest BCUT2D eigenvalue weighted by molar-refractivity contribution is -0.149. The van der Waals surface area contributed by atoms with E-state index < -0.39 is 40.6 Å². The van der Waals surface area contributed by atoms with Gasteiger partial charge in [0, 0.05) is 11.4 Å². The van der Waals surface area contributed by atoms with Crippen molar-refractivity contribution in [3.05, 3.63) is 41.3 Å². The summed E-state index contributed by atoms with van der Waals surface area (Å²) in [5, 5.41) is 5.46. The Balaban J connectivity index is 2.46. The summed E-state index contributed by atoms with van der Waals surface area (Å²) < 4.78 is 30.8. The van der Waals surface area contributed by atoms with Gasteiger partial charge in [-0.1, -0.05) is 37.3 Å². The Morgan fingerprint density at radius 3 is 2.39 bits per heavy atom. The predicted octanol–water partition coefficient (Wildman–Crippen LogP) is 1.13. The van der Waals surface area contributed by atoms with Crippen molar-refractivity contribution >= 4 is 34.0 Å². The third-order valence-electron chi connectivity index (χ3n) is 3.52. The van der Waals surface area contributed by atoms with Crippen molar-refractivity contribution in [1.29, 1.82) is 0 Å². The minimum absolute atomic E-state index is 0.117. The van der Waals surface area contributed by atoms with Crippen molar-refractivity contribution < 1.29 is 27.5 Å². The maximum absolute atomic E-state index is 12.0. The van der Waals surface area contributed by atoms with Gasteiger partial charge in [-0.3, -0.25) is 14.9 Å². The van der Waals surface area contributed by atoms with Crippen LogP contribution in [0.25, 0.3) is 6.08 Å². The standard InChI is InChI=1S/C18H25N3O6S/c1-4-13(2)19-18(24)20-16(22)12-27-17(23)14(3)21-28(25,26)11-10-15-8-6-5-7-9-15/h5-11,13-14,21H,4,12H2,1-3H3,(H2,19,20,22,24)/b11-10+/t13-,14+/m1/s1. The first-order valence-corrected chi connectivity index (χ1v) is 10.2. The van der Waals surface area contributed by atoms with Crippen LogP contribution in [0.2, 0.25) is 0 Å². The molecule has 2 atom stereocenters. The van der Waals surface area contributed by atoms with Gasteiger partial charge in [-0.05, 0) is 31.9 Å². The summed E-state index contributed by atoms with van der Waals surface area (Å²) in [6.45, 7) is 4.21. The minimum atomic E-state index is -3.89. The molecule has 10 heteroatoms. The summed E-state index contributed by atoms with van der Waals surface area (Å²) in [7, 11) is -3.89. The highest BCUT2D eigenvalue weighted by Crippen LogP contribution is 2.03. The number of benzene rings is 1. The number of hydrogen-bond acceptors (Lipinski definition) is 6. The average molecular weight is 411 g/mol. The quantitative estimate of drug-likeness (QED) is 0.522. The number of carbonyl (C=O) groups excluding carboxylic acids is 3. The molecule has 0 spiro atoms. The molecule has 28 heavy (non-hydrogen) atoms. The summed E-state index contributed by atoms with van der Waals surface area (Å²) >= 11 is 0. The van der Waals surface area contributed by atoms with E-state index >= 15 is 0 Å². The fourth-order valence-electron chi connectivity index (χ4n) is 1.85. The first kappa shape index (κ1) is 23.3. The van der Waals surface area contributed by atoms with Crippen LogP contribution < -0.4 is 15.4 Å². The number of amides is 3. The number of esters is 1. The molecule has 0 saturated heterocycles. The molecule has 1 aromatic carbocycles. The van der Waals surface area contributed by atoms with E-state index in [4.69, 9.17) is 4.74 Å². The van der Waals surface area contributed by atoms with E-state index in [9.17, 15) is 22.8 Å². The molecule has 0 aliphatic rings. The number of hydrogen-bond donors (Lipinski definition) is 3. The summed E-state index contributed by atoms with van der Waals surface area (Å²) in [5.41, 5.74) is 0.676. The molecule has 0 heterocycles. The van der Waals surface area contributed by atoms with Gasteiger partial charge in [-0.15, -0.1) is 0 Å². The Kier molecular flexibility index (Phi) is 9.33. The third-order valence-corrected chi connectivity index (χ3v) is 4.70. The first-order valence-electron chi connectivity index (χ1n) is 8.65. The maximum Gasteiger partial charge on any atom is 0.324 e. The molecule has 3 N–H and O–H groups in total. The zero-order chi connectivity index (χ0) is 21.2. The maximum atomic E-state index is 12.0. The van der Waals surface area contributed by atoms with Crippen LogP contribution in [0.1, 0.15) is 32.8 Å². The van der Waals surface area contributed by atoms with Crippen LogP contribution in [0.4, 0.5) is 4.79 Å². The van der Waals surface area contributed by atoms with E-state index in [0.29, 0.717) is 12.0 Å². The normalized spacial score (nSPS) is 13.5. The first-order chi connectivity index (χ1) is 13.1. The highest BCUT2D eigenvalue weighted by Gasteiger charge is 2.21. The molecule has 9 nitrogen and oxygen atoms in total. The number of urea groups is 1. The van der Waals surface area contributed by atoms with Crippen molar-refractivity contribution in [2.24, 2.45) is 0 Å². The zero-order valence-corrected chi connectivity index (χ0v) is 16.8. The van der Waals surface area contributed by atoms with Crippen LogP contribution >= 0.6 is 0 Å². The van der Waals surface area contributed by atoms with Gasteiger partial charge in [-0.25, -0.2) is 13.2 Å². The molecule has 0 aliphatic carbocycles. The third kappa shape index (κ3) is 9.28. The van der Waals surface area contributed by atoms with Crippen LogP contribution in [0, 0.1) is 0 Å². The van der Waals surface area contributed by atoms with Gasteiger partial charge < -0.3 is 10.1 Å². The van der Waals surface area contributed by atoms with Crippen LogP contribution in [0.15, 0.2) is 35.7 Å². The molecular weight excluding hydrogens is 386 g/mol. The Hall–Kier alpha value is -2.72. The van der Waals surface area contributed by atoms with Gasteiger partial charge in [0.15, 0.2) is 6.61 Å². The summed E-state index contributed by atoms with van der Waals surface area (Å²) in [6.07, 6.45) is 2.07. The van der Waals surface area contributed by atoms with E-state index in [1.807, 2.05) is 12.2 Å². The van der Waals surface area contributed by atoms with E-state index in [-0.39, 0.29) is 6.04 Å². The van der Waals surface area contributed by atoms with Gasteiger partial charge in [0.05, 0.1) is 0 Å². The van der Waals surface area contributed by atoms with E-state index in [0.717, 1.165) is 5.41 Å². The average Bonchev–Trinajstić information content (AvgIpc) is 2.64. The van der Waals surface area contributed by atoms with Crippen LogP contribution in [-0.2, 0) is 24.3 Å². The lowest BCUT2D eigenvalue weighted by Crippen LogP contribution is -2.45. The number of ether oxygens (including phenoxy) is 1. The molecular formula is C18H25N3O6S. The molecule has 0 aliphatic heterocycles. The van der Waals surface area contributed by atoms with E-state index in [2.05, 4.69) is 10.0 Å². The fourth-order valence-corrected chi connectivity index (χ4v) is 2.86. The second-order valence-corrected chi connectivity index (χ2v) is 7.63. The predicted molar refractivity (Wildman–Crippen MR) is 104 cm³/mol. The minimum Gasteiger partial charge on any atom is -0.454 e. The highest BCUT2D eigenvalue weighted by atomic mass is 32.2. The number of nitrogens with one attached hydrogen (secondary N) is 3. The largest absolute Gasteiger partial charge is 0.454 e. The van der Waals surface area contributed by atoms with E-state index in [1.54, 1.807) is 37.3 Å². The molecule has 0 radical (unpaired) electrons. The van der Waals surface area contributed by atoms with Crippen molar-refractivity contribution in [3.63, 3.8) is 0 Å². The number of imide groups is 1. The fraction of sp³-hybridized carbons (Fsp3) is 0.389. The topological polar surface area (TPSA) is 131 Å². The Morgan fingerprint density at radius 1 is 1.14 bits per heavy atom. The summed E-state index contributed by atoms with van der Waals surface area (Å²) in [4.78, 5) is 34.9. The van der Waals surface area contributed by atoms with Gasteiger partial charge in [0.25, 0.3) is 5.91 Å². The van der Waals surface area contributed by atoms with Gasteiger partial charge in [-0.2, -0.15) is 4.72 Å². The van der Waals surface area contributed by atoms with E-state index in [1.165, 1.54) is 13.0 Å². The smallest absolute Gasteiger partial charge is 0.324 e. The second-order valence-electron chi connectivity index (χ2n) is 6.04. The van der Waals surface area contributed by atoms with Crippen molar-refractivity contribution in [3.8, 4) is 0 Å². The second kappa shape index (κ2) is 11.2. The molecule has 1 rings (SSSR count). The van der Waals surface area contributed by atoms with Crippen LogP contribution in [0.3, 0.4) is 0 Å². The molecule has 154 valence electrons. The lowest BCUT2D eigenvalue weighted by Gasteiger charge is -2.13. The van der Waals surface area contributed by atoms with Gasteiger partial charge in [0.2, 0.25) is 10.0 Å². The van der Waals surface area contributed by atoms with Gasteiger partial charge >= 0.3 is 12.0 Å². The SMILES string of the molecule is CC[C@@H](C)NC(=O)NC(=O)COC(=O)[C@H](C)NS(=O)(=O)/C=C/c1ccccc1. The van der Waals surface area contributed by atoms with Crippen molar-refractivity contribution in [2.45, 2.75) is 39.3 Å². The molecule has 0 fully saturated rings. The van der Waals surface area contributed by atoms with Crippen LogP contribution in [-0.4, -0.2) is 45.0 Å². The number of carbonyl (C=O) groups is 3. The molecule has 1 aromatic rings. The van der Waals surface area contributed by atoms with Crippen LogP contribution in [0.5, 0.6) is 0 Å². The Bertz CT molecular complexity index is 808. The molecule has 0 aromatic heterocycles. The molecule has 3 amide bonds. The van der Waals surface area contributed by atoms with Crippen molar-refractivity contribution in [2.75, 3.05) is 6.61 Å². The van der Waals surface area contributed by atoms with Gasteiger partial charge in [0.1, 0.15) is 6.04 Å². The Labute approximate surface area is 164 Å². The number of rotatable bonds is 9. The Morgan fingerprint density at radius 2 is 1.79 bits per heavy atom. The highest BCUT2D eigenvalue weighted by molar-refractivity contribution is 7.92. The molecule has 0 unspecified atom stereocenters. The lowest BCUT2D eigenvalue weighted by atomic mass is 10.2. The molecule has 0 saturated carbocycles. The molecule has 0 bridgehead atoms. The monoisotopic (exact) mass is 411 g/mol. The number of sulfonamides is 1. The summed E-state index contributed by atoms with van der Waals surface area (Å²) in [6, 6.07) is 6.73. The zero-order valence-electron chi connectivity index (χ0n) is 16.0. The summed E-state index contributed by atoms with van der Waals surface area (Å²) in [5.74, 6) is -1.78.